The van der Waals surface area contributed by atoms with Gasteiger partial charge in [0, 0.05) is 30.6 Å². The average molecular weight is 374 g/mol. The maximum Gasteiger partial charge on any atom is 0.0999 e. The lowest BCUT2D eigenvalue weighted by molar-refractivity contribution is 0.230. The Labute approximate surface area is 160 Å². The standard InChI is InChI=1S/C19H18N8O/c1-25-9-15(17(11-28)24-25)16-10-27-18(2-3-21-27)19(23-16)13-7-22-26(8-13)14-4-12(5-14)6-20/h2-3,7-10,12,14,28H,4-5,11H2,1H3. The minimum absolute atomic E-state index is 0.128. The molecule has 4 aromatic rings. The molecule has 1 N–H and O–H groups in total. The number of aliphatic hydroxyl groups excluding tert-OH is 1. The third kappa shape index (κ3) is 2.58. The number of aromatic nitrogens is 7. The molecule has 1 saturated carbocycles. The van der Waals surface area contributed by atoms with Gasteiger partial charge in [-0.25, -0.2) is 9.50 Å². The van der Waals surface area contributed by atoms with Gasteiger partial charge in [-0.05, 0) is 18.9 Å². The molecule has 0 saturated heterocycles. The first-order valence-corrected chi connectivity index (χ1v) is 9.08. The summed E-state index contributed by atoms with van der Waals surface area (Å²) in [6.07, 6.45) is 10.9. The van der Waals surface area contributed by atoms with E-state index in [4.69, 9.17) is 10.2 Å². The zero-order valence-corrected chi connectivity index (χ0v) is 15.3. The summed E-state index contributed by atoms with van der Waals surface area (Å²) in [5, 5.41) is 31.8. The zero-order valence-electron chi connectivity index (χ0n) is 15.3. The van der Waals surface area contributed by atoms with Crippen LogP contribution in [0.4, 0.5) is 0 Å². The summed E-state index contributed by atoms with van der Waals surface area (Å²) >= 11 is 0. The van der Waals surface area contributed by atoms with E-state index in [1.807, 2.05) is 36.4 Å². The van der Waals surface area contributed by atoms with Crippen LogP contribution in [0.15, 0.2) is 37.1 Å². The monoisotopic (exact) mass is 374 g/mol. The molecule has 1 aliphatic rings. The molecule has 0 atom stereocenters. The molecule has 0 unspecified atom stereocenters. The van der Waals surface area contributed by atoms with Gasteiger partial charge in [0.1, 0.15) is 0 Å². The van der Waals surface area contributed by atoms with Gasteiger partial charge in [0.2, 0.25) is 0 Å². The van der Waals surface area contributed by atoms with Crippen molar-refractivity contribution in [2.24, 2.45) is 13.0 Å². The van der Waals surface area contributed by atoms with E-state index in [0.717, 1.165) is 35.2 Å². The van der Waals surface area contributed by atoms with E-state index < -0.39 is 0 Å². The van der Waals surface area contributed by atoms with Gasteiger partial charge >= 0.3 is 0 Å². The largest absolute Gasteiger partial charge is 0.390 e. The quantitative estimate of drug-likeness (QED) is 0.585. The highest BCUT2D eigenvalue weighted by Crippen LogP contribution is 2.37. The van der Waals surface area contributed by atoms with Crippen LogP contribution in [0.2, 0.25) is 0 Å². The third-order valence-corrected chi connectivity index (χ3v) is 5.27. The second kappa shape index (κ2) is 6.28. The van der Waals surface area contributed by atoms with Crippen LogP contribution in [0.3, 0.4) is 0 Å². The van der Waals surface area contributed by atoms with Crippen LogP contribution in [0.25, 0.3) is 28.0 Å². The Bertz CT molecular complexity index is 1200. The Kier molecular flexibility index (Phi) is 3.74. The molecule has 140 valence electrons. The molecule has 4 aromatic heterocycles. The molecule has 9 nitrogen and oxygen atoms in total. The predicted octanol–water partition coefficient (Wildman–Crippen LogP) is 1.96. The lowest BCUT2D eigenvalue weighted by atomic mass is 9.81. The number of aryl methyl sites for hydroxylation is 1. The Hall–Kier alpha value is -3.51. The minimum Gasteiger partial charge on any atom is -0.390 e. The summed E-state index contributed by atoms with van der Waals surface area (Å²) in [5.41, 5.74) is 4.56. The molecule has 28 heavy (non-hydrogen) atoms. The first-order valence-electron chi connectivity index (χ1n) is 9.08. The number of fused-ring (bicyclic) bond motifs is 1. The molecular weight excluding hydrogens is 356 g/mol. The molecule has 0 bridgehead atoms. The molecule has 0 aromatic carbocycles. The summed E-state index contributed by atoms with van der Waals surface area (Å²) in [4.78, 5) is 4.85. The summed E-state index contributed by atoms with van der Waals surface area (Å²) in [5.74, 6) is 0.128. The van der Waals surface area contributed by atoms with Crippen molar-refractivity contribution in [3.8, 4) is 28.6 Å². The lowest BCUT2D eigenvalue weighted by Gasteiger charge is -2.30. The van der Waals surface area contributed by atoms with Gasteiger partial charge < -0.3 is 5.11 Å². The first kappa shape index (κ1) is 16.6. The van der Waals surface area contributed by atoms with Crippen molar-refractivity contribution in [2.45, 2.75) is 25.5 Å². The SMILES string of the molecule is Cn1cc(-c2cn3nccc3c(-c3cnn(C4CC(C#N)C4)c3)n2)c(CO)n1. The van der Waals surface area contributed by atoms with Gasteiger partial charge in [0.05, 0.1) is 65.8 Å². The number of hydrogen-bond acceptors (Lipinski definition) is 6. The number of rotatable bonds is 4. The van der Waals surface area contributed by atoms with Crippen LogP contribution < -0.4 is 0 Å². The van der Waals surface area contributed by atoms with Crippen molar-refractivity contribution in [2.75, 3.05) is 0 Å². The molecular formula is C19H18N8O. The summed E-state index contributed by atoms with van der Waals surface area (Å²) in [7, 11) is 1.81. The van der Waals surface area contributed by atoms with E-state index >= 15 is 0 Å². The zero-order chi connectivity index (χ0) is 19.3. The Morgan fingerprint density at radius 2 is 2.11 bits per heavy atom. The molecule has 0 radical (unpaired) electrons. The Morgan fingerprint density at radius 1 is 1.25 bits per heavy atom. The number of hydrogen-bond donors (Lipinski definition) is 1. The maximum atomic E-state index is 9.63. The van der Waals surface area contributed by atoms with Crippen molar-refractivity contribution in [3.63, 3.8) is 0 Å². The number of nitrogens with zero attached hydrogens (tertiary/aromatic N) is 8. The Morgan fingerprint density at radius 3 is 2.89 bits per heavy atom. The van der Waals surface area contributed by atoms with Gasteiger partial charge in [-0.2, -0.15) is 20.6 Å². The van der Waals surface area contributed by atoms with E-state index in [9.17, 15) is 5.11 Å². The molecule has 5 rings (SSSR count). The predicted molar refractivity (Wildman–Crippen MR) is 99.7 cm³/mol. The van der Waals surface area contributed by atoms with E-state index in [0.29, 0.717) is 11.4 Å². The van der Waals surface area contributed by atoms with Crippen LogP contribution >= 0.6 is 0 Å². The fraction of sp³-hybridized carbons (Fsp3) is 0.316. The number of aliphatic hydroxyl groups is 1. The van der Waals surface area contributed by atoms with Crippen LogP contribution in [0.1, 0.15) is 24.6 Å². The van der Waals surface area contributed by atoms with Crippen LogP contribution in [-0.2, 0) is 13.7 Å². The topological polar surface area (TPSA) is 110 Å². The highest BCUT2D eigenvalue weighted by atomic mass is 16.3. The second-order valence-electron chi connectivity index (χ2n) is 7.12. The molecule has 0 amide bonds. The smallest absolute Gasteiger partial charge is 0.0999 e. The van der Waals surface area contributed by atoms with Crippen molar-refractivity contribution in [1.82, 2.24) is 34.2 Å². The van der Waals surface area contributed by atoms with Crippen LogP contribution in [0, 0.1) is 17.2 Å². The van der Waals surface area contributed by atoms with Gasteiger partial charge in [0.15, 0.2) is 0 Å². The highest BCUT2D eigenvalue weighted by Gasteiger charge is 2.31. The highest BCUT2D eigenvalue weighted by molar-refractivity contribution is 5.78. The average Bonchev–Trinajstić information content (AvgIpc) is 3.38. The molecule has 1 fully saturated rings. The maximum absolute atomic E-state index is 9.63. The van der Waals surface area contributed by atoms with Crippen LogP contribution in [0.5, 0.6) is 0 Å². The summed E-state index contributed by atoms with van der Waals surface area (Å²) in [6, 6.07) is 4.48. The van der Waals surface area contributed by atoms with Gasteiger partial charge in [0.25, 0.3) is 0 Å². The van der Waals surface area contributed by atoms with Crippen molar-refractivity contribution >= 4 is 5.52 Å². The summed E-state index contributed by atoms with van der Waals surface area (Å²) < 4.78 is 5.36. The van der Waals surface area contributed by atoms with E-state index in [-0.39, 0.29) is 18.6 Å². The molecule has 1 aliphatic carbocycles. The third-order valence-electron chi connectivity index (χ3n) is 5.27. The van der Waals surface area contributed by atoms with Gasteiger partial charge in [-0.15, -0.1) is 0 Å². The number of nitriles is 1. The van der Waals surface area contributed by atoms with E-state index in [1.165, 1.54) is 0 Å². The van der Waals surface area contributed by atoms with E-state index in [1.54, 1.807) is 21.6 Å². The van der Waals surface area contributed by atoms with Crippen LogP contribution in [-0.4, -0.2) is 39.3 Å². The van der Waals surface area contributed by atoms with E-state index in [2.05, 4.69) is 21.4 Å². The Balaban J connectivity index is 1.59. The molecule has 9 heteroatoms. The lowest BCUT2D eigenvalue weighted by Crippen LogP contribution is -2.25. The minimum atomic E-state index is -0.163. The first-order chi connectivity index (χ1) is 13.7. The molecule has 0 aliphatic heterocycles. The summed E-state index contributed by atoms with van der Waals surface area (Å²) in [6.45, 7) is -0.163. The fourth-order valence-corrected chi connectivity index (χ4v) is 3.70. The molecule has 4 heterocycles. The van der Waals surface area contributed by atoms with Crippen molar-refractivity contribution in [3.05, 3.63) is 42.7 Å². The fourth-order valence-electron chi connectivity index (χ4n) is 3.70. The normalized spacial score (nSPS) is 18.9. The molecule has 0 spiro atoms. The van der Waals surface area contributed by atoms with Crippen molar-refractivity contribution in [1.29, 1.82) is 5.26 Å². The second-order valence-corrected chi connectivity index (χ2v) is 7.12. The van der Waals surface area contributed by atoms with Crippen molar-refractivity contribution < 1.29 is 5.11 Å². The van der Waals surface area contributed by atoms with Gasteiger partial charge in [-0.1, -0.05) is 0 Å². The van der Waals surface area contributed by atoms with Gasteiger partial charge in [-0.3, -0.25) is 9.36 Å².